The molecule has 13 nitrogen and oxygen atoms in total. The number of benzene rings is 1. The maximum Gasteiger partial charge on any atom is 0.425 e. The Morgan fingerprint density at radius 1 is 0.905 bits per heavy atom. The monoisotopic (exact) mass is 586 g/mol. The van der Waals surface area contributed by atoms with Crippen molar-refractivity contribution in [2.45, 2.75) is 71.2 Å². The number of nitrogens with one attached hydrogen (secondary N) is 2. The summed E-state index contributed by atoms with van der Waals surface area (Å²) >= 11 is 0. The number of imide groups is 1. The molecule has 2 atom stereocenters. The summed E-state index contributed by atoms with van der Waals surface area (Å²) in [6.07, 6.45) is -0.674. The van der Waals surface area contributed by atoms with Crippen molar-refractivity contribution in [1.29, 1.82) is 0 Å². The highest BCUT2D eigenvalue weighted by Crippen LogP contribution is 2.35. The molecule has 1 fully saturated rings. The van der Waals surface area contributed by atoms with E-state index in [4.69, 9.17) is 23.7 Å². The number of aromatic nitrogens is 1. The average Bonchev–Trinajstić information content (AvgIpc) is 2.87. The molecule has 0 spiro atoms. The highest BCUT2D eigenvalue weighted by molar-refractivity contribution is 6.09. The van der Waals surface area contributed by atoms with E-state index in [0.29, 0.717) is 33.3 Å². The predicted molar refractivity (Wildman–Crippen MR) is 152 cm³/mol. The topological polar surface area (TPSA) is 155 Å². The van der Waals surface area contributed by atoms with Crippen LogP contribution in [0.5, 0.6) is 17.2 Å². The van der Waals surface area contributed by atoms with Gasteiger partial charge in [-0.2, -0.15) is 4.90 Å². The zero-order chi connectivity index (χ0) is 31.4. The van der Waals surface area contributed by atoms with Crippen LogP contribution in [0.2, 0.25) is 0 Å². The first-order valence-electron chi connectivity index (χ1n) is 13.2. The van der Waals surface area contributed by atoms with Gasteiger partial charge in [0.05, 0.1) is 39.4 Å². The van der Waals surface area contributed by atoms with Crippen molar-refractivity contribution in [3.05, 3.63) is 41.6 Å². The smallest absolute Gasteiger partial charge is 0.425 e. The lowest BCUT2D eigenvalue weighted by Gasteiger charge is -2.36. The number of hydrogen-bond acceptors (Lipinski definition) is 10. The molecule has 42 heavy (non-hydrogen) atoms. The molecule has 4 amide bonds. The molecule has 1 aromatic heterocycles. The van der Waals surface area contributed by atoms with Gasteiger partial charge in [0.25, 0.3) is 0 Å². The van der Waals surface area contributed by atoms with Crippen LogP contribution in [-0.2, 0) is 25.6 Å². The summed E-state index contributed by atoms with van der Waals surface area (Å²) in [5, 5.41) is 5.41. The molecule has 0 aliphatic carbocycles. The van der Waals surface area contributed by atoms with Crippen LogP contribution in [0.4, 0.5) is 15.4 Å². The molecule has 13 heteroatoms. The lowest BCUT2D eigenvalue weighted by molar-refractivity contribution is -0.139. The molecule has 2 N–H and O–H groups in total. The molecular formula is C29H38N4O9. The highest BCUT2D eigenvalue weighted by atomic mass is 16.6. The van der Waals surface area contributed by atoms with Crippen LogP contribution in [-0.4, -0.2) is 67.6 Å². The van der Waals surface area contributed by atoms with E-state index in [2.05, 4.69) is 15.6 Å². The summed E-state index contributed by atoms with van der Waals surface area (Å²) < 4.78 is 27.0. The molecule has 0 bridgehead atoms. The minimum absolute atomic E-state index is 0.0426. The van der Waals surface area contributed by atoms with E-state index in [-0.39, 0.29) is 12.4 Å². The van der Waals surface area contributed by atoms with Gasteiger partial charge in [0.15, 0.2) is 0 Å². The molecule has 2 aromatic rings. The molecule has 1 saturated heterocycles. The Hall–Kier alpha value is -4.55. The number of rotatable bonds is 8. The zero-order valence-electron chi connectivity index (χ0n) is 25.3. The molecule has 0 saturated carbocycles. The molecule has 1 unspecified atom stereocenters. The second-order valence-corrected chi connectivity index (χ2v) is 11.4. The van der Waals surface area contributed by atoms with E-state index in [1.165, 1.54) is 39.7 Å². The van der Waals surface area contributed by atoms with Gasteiger partial charge in [-0.1, -0.05) is 0 Å². The summed E-state index contributed by atoms with van der Waals surface area (Å²) in [5.41, 5.74) is -0.892. The van der Waals surface area contributed by atoms with Gasteiger partial charge in [-0.15, -0.1) is 0 Å². The van der Waals surface area contributed by atoms with Crippen molar-refractivity contribution in [3.63, 3.8) is 0 Å². The maximum atomic E-state index is 13.2. The Kier molecular flexibility index (Phi) is 9.54. The fraction of sp³-hybridized carbons (Fsp3) is 0.483. The number of nitrogens with zero attached hydrogens (tertiary/aromatic N) is 2. The average molecular weight is 587 g/mol. The predicted octanol–water partition coefficient (Wildman–Crippen LogP) is 3.68. The van der Waals surface area contributed by atoms with E-state index < -0.39 is 47.2 Å². The summed E-state index contributed by atoms with van der Waals surface area (Å²) in [5.74, 6) is -0.492. The molecule has 1 aliphatic heterocycles. The van der Waals surface area contributed by atoms with Gasteiger partial charge >= 0.3 is 12.2 Å². The molecule has 1 aromatic carbocycles. The van der Waals surface area contributed by atoms with E-state index in [1.54, 1.807) is 53.7 Å². The third kappa shape index (κ3) is 7.59. The number of ether oxygens (including phenoxy) is 5. The van der Waals surface area contributed by atoms with Gasteiger partial charge in [0, 0.05) is 18.3 Å². The Bertz CT molecular complexity index is 1290. The number of methoxy groups -OCH3 is 3. The Labute approximate surface area is 244 Å². The lowest BCUT2D eigenvalue weighted by atomic mass is 9.83. The van der Waals surface area contributed by atoms with Crippen molar-refractivity contribution in [2.75, 3.05) is 26.2 Å². The van der Waals surface area contributed by atoms with Gasteiger partial charge < -0.3 is 34.3 Å². The number of carbonyl (C=O) groups excluding carboxylic acids is 4. The first kappa shape index (κ1) is 32.0. The fourth-order valence-corrected chi connectivity index (χ4v) is 4.11. The third-order valence-corrected chi connectivity index (χ3v) is 5.96. The summed E-state index contributed by atoms with van der Waals surface area (Å²) in [7, 11) is 4.49. The fourth-order valence-electron chi connectivity index (χ4n) is 4.11. The van der Waals surface area contributed by atoms with Crippen LogP contribution >= 0.6 is 0 Å². The molecule has 1 aliphatic rings. The van der Waals surface area contributed by atoms with E-state index in [0.717, 1.165) is 0 Å². The first-order chi connectivity index (χ1) is 19.6. The maximum absolute atomic E-state index is 13.2. The number of amides is 4. The molecular weight excluding hydrogens is 548 g/mol. The minimum Gasteiger partial charge on any atom is -0.496 e. The number of β-lactam (4-membered cyclic amide) rings is 1. The standard InChI is InChI=1S/C29H38N4O9/c1-28(2,3)41-26(36)33(27(37)42-29(4,5)6)21-12-16(10-11-30-21)22-23(32-24(22)34)25(35)31-15-18-19(39-8)13-17(38-7)14-20(18)40-9/h10-14,22-23H,15H2,1-9H3,(H,31,35)(H,32,34)/t22?,23-/m0/s1. The lowest BCUT2D eigenvalue weighted by Crippen LogP contribution is -2.62. The zero-order valence-corrected chi connectivity index (χ0v) is 25.3. The van der Waals surface area contributed by atoms with Gasteiger partial charge in [-0.25, -0.2) is 14.6 Å². The largest absolute Gasteiger partial charge is 0.496 e. The SMILES string of the molecule is COc1cc(OC)c(CNC(=O)[C@H]2NC(=O)C2c2ccnc(N(C(=O)OC(C)(C)C)C(=O)OC(C)(C)C)c2)c(OC)c1. The number of carbonyl (C=O) groups is 4. The van der Waals surface area contributed by atoms with Crippen molar-refractivity contribution < 1.29 is 42.9 Å². The molecule has 2 heterocycles. The minimum atomic E-state index is -1.00. The van der Waals surface area contributed by atoms with Crippen LogP contribution in [0.3, 0.4) is 0 Å². The van der Waals surface area contributed by atoms with E-state index in [9.17, 15) is 19.2 Å². The highest BCUT2D eigenvalue weighted by Gasteiger charge is 2.45. The number of hydrogen-bond donors (Lipinski definition) is 2. The quantitative estimate of drug-likeness (QED) is 0.438. The summed E-state index contributed by atoms with van der Waals surface area (Å²) in [6, 6.07) is 5.31. The van der Waals surface area contributed by atoms with Gasteiger partial charge in [-0.05, 0) is 59.2 Å². The van der Waals surface area contributed by atoms with Crippen LogP contribution in [0.15, 0.2) is 30.5 Å². The van der Waals surface area contributed by atoms with Gasteiger partial charge in [0.1, 0.15) is 40.3 Å². The van der Waals surface area contributed by atoms with Gasteiger partial charge in [-0.3, -0.25) is 9.59 Å². The van der Waals surface area contributed by atoms with Crippen molar-refractivity contribution >= 4 is 29.8 Å². The molecule has 3 rings (SSSR count). The summed E-state index contributed by atoms with van der Waals surface area (Å²) in [4.78, 5) is 56.8. The second-order valence-electron chi connectivity index (χ2n) is 11.4. The number of anilines is 1. The Morgan fingerprint density at radius 2 is 1.45 bits per heavy atom. The van der Waals surface area contributed by atoms with Crippen LogP contribution < -0.4 is 29.7 Å². The van der Waals surface area contributed by atoms with Crippen LogP contribution in [0.1, 0.15) is 58.6 Å². The van der Waals surface area contributed by atoms with E-state index >= 15 is 0 Å². The Morgan fingerprint density at radius 3 is 1.90 bits per heavy atom. The van der Waals surface area contributed by atoms with Crippen LogP contribution in [0.25, 0.3) is 0 Å². The van der Waals surface area contributed by atoms with Gasteiger partial charge in [0.2, 0.25) is 11.8 Å². The van der Waals surface area contributed by atoms with Crippen LogP contribution in [0, 0.1) is 0 Å². The van der Waals surface area contributed by atoms with Crippen molar-refractivity contribution in [1.82, 2.24) is 15.6 Å². The number of pyridine rings is 1. The molecule has 0 radical (unpaired) electrons. The third-order valence-electron chi connectivity index (χ3n) is 5.96. The second kappa shape index (κ2) is 12.5. The Balaban J connectivity index is 1.86. The first-order valence-corrected chi connectivity index (χ1v) is 13.2. The summed E-state index contributed by atoms with van der Waals surface area (Å²) in [6.45, 7) is 9.97. The van der Waals surface area contributed by atoms with E-state index in [1.807, 2.05) is 0 Å². The van der Waals surface area contributed by atoms with Crippen molar-refractivity contribution in [2.24, 2.45) is 0 Å². The normalized spacial score (nSPS) is 16.4. The molecule has 228 valence electrons. The van der Waals surface area contributed by atoms with Crippen molar-refractivity contribution in [3.8, 4) is 17.2 Å².